The van der Waals surface area contributed by atoms with Gasteiger partial charge in [-0.05, 0) is 47.0 Å². The largest absolute Gasteiger partial charge is 0.460 e. The lowest BCUT2D eigenvalue weighted by molar-refractivity contribution is 0.0488. The summed E-state index contributed by atoms with van der Waals surface area (Å²) < 4.78 is 12.5. The van der Waals surface area contributed by atoms with E-state index < -0.39 is 5.97 Å². The second-order valence-electron chi connectivity index (χ2n) is 4.73. The monoisotopic (exact) mass is 415 g/mol. The molecule has 0 saturated carbocycles. The fourth-order valence-electron chi connectivity index (χ4n) is 1.84. The van der Waals surface area contributed by atoms with Crippen molar-refractivity contribution >= 4 is 37.8 Å². The first-order valence-corrected chi connectivity index (χ1v) is 8.15. The van der Waals surface area contributed by atoms with Crippen molar-refractivity contribution in [3.63, 3.8) is 0 Å². The van der Waals surface area contributed by atoms with Gasteiger partial charge in [-0.25, -0.2) is 9.78 Å². The van der Waals surface area contributed by atoms with Crippen LogP contribution in [-0.4, -0.2) is 17.6 Å². The van der Waals surface area contributed by atoms with Gasteiger partial charge in [-0.1, -0.05) is 29.8 Å². The van der Waals surface area contributed by atoms with Crippen LogP contribution in [0.15, 0.2) is 31.6 Å². The molecule has 0 aliphatic rings. The maximum atomic E-state index is 12.0. The van der Waals surface area contributed by atoms with Crippen molar-refractivity contribution in [2.75, 3.05) is 6.61 Å². The normalized spacial score (nSPS) is 11.0. The summed E-state index contributed by atoms with van der Waals surface area (Å²) in [5.74, 6) is 0.155. The highest BCUT2D eigenvalue weighted by Gasteiger charge is 2.24. The molecule has 2 rings (SSSR count). The fraction of sp³-hybridized carbons (Fsp3) is 0.333. The van der Waals surface area contributed by atoms with Crippen LogP contribution in [0.1, 0.15) is 42.9 Å². The average Bonchev–Trinajstić information content (AvgIpc) is 2.87. The molecule has 2 aromatic rings. The molecule has 1 aromatic carbocycles. The summed E-state index contributed by atoms with van der Waals surface area (Å²) in [7, 11) is 0. The summed E-state index contributed by atoms with van der Waals surface area (Å²) in [6.45, 7) is 5.97. The van der Waals surface area contributed by atoms with Gasteiger partial charge in [-0.3, -0.25) is 0 Å². The number of halogens is 2. The van der Waals surface area contributed by atoms with Crippen LogP contribution in [0.2, 0.25) is 0 Å². The second kappa shape index (κ2) is 6.75. The molecular weight excluding hydrogens is 402 g/mol. The number of carbonyl (C=O) groups excluding carboxylic acids is 1. The molecule has 0 amide bonds. The number of nitrogens with zero attached hydrogens (tertiary/aromatic N) is 1. The lowest BCUT2D eigenvalue weighted by Crippen LogP contribution is -2.07. The molecule has 0 bridgehead atoms. The number of esters is 1. The third kappa shape index (κ3) is 3.55. The van der Waals surface area contributed by atoms with Crippen LogP contribution in [0.4, 0.5) is 0 Å². The molecule has 1 heterocycles. The molecule has 0 atom stereocenters. The molecule has 112 valence electrons. The minimum absolute atomic E-state index is 0.0628. The van der Waals surface area contributed by atoms with Crippen molar-refractivity contribution in [2.45, 2.75) is 26.7 Å². The third-order valence-electron chi connectivity index (χ3n) is 2.82. The van der Waals surface area contributed by atoms with E-state index in [-0.39, 0.29) is 11.7 Å². The molecule has 0 aliphatic heterocycles. The van der Waals surface area contributed by atoms with Crippen molar-refractivity contribution in [1.29, 1.82) is 0 Å². The Bertz CT molecular complexity index is 665. The van der Waals surface area contributed by atoms with Crippen molar-refractivity contribution in [3.8, 4) is 11.5 Å². The standard InChI is InChI=1S/C15H15Br2NO3/c1-4-20-15(19)13-12(8(2)3)18-14(21-13)10-7-9(16)5-6-11(10)17/h5-8H,4H2,1-3H3. The maximum absolute atomic E-state index is 12.0. The van der Waals surface area contributed by atoms with Crippen molar-refractivity contribution in [2.24, 2.45) is 0 Å². The summed E-state index contributed by atoms with van der Waals surface area (Å²) in [6.07, 6.45) is 0. The van der Waals surface area contributed by atoms with E-state index in [0.717, 1.165) is 14.5 Å². The van der Waals surface area contributed by atoms with Gasteiger partial charge >= 0.3 is 5.97 Å². The van der Waals surface area contributed by atoms with Crippen LogP contribution in [0.25, 0.3) is 11.5 Å². The van der Waals surface area contributed by atoms with E-state index in [4.69, 9.17) is 9.15 Å². The van der Waals surface area contributed by atoms with E-state index in [9.17, 15) is 4.79 Å². The van der Waals surface area contributed by atoms with E-state index in [1.807, 2.05) is 32.0 Å². The summed E-state index contributed by atoms with van der Waals surface area (Å²) in [5, 5.41) is 0. The summed E-state index contributed by atoms with van der Waals surface area (Å²) >= 11 is 6.89. The highest BCUT2D eigenvalue weighted by Crippen LogP contribution is 2.33. The topological polar surface area (TPSA) is 52.3 Å². The molecule has 0 aliphatic carbocycles. The highest BCUT2D eigenvalue weighted by atomic mass is 79.9. The third-order valence-corrected chi connectivity index (χ3v) is 4.00. The van der Waals surface area contributed by atoms with Crippen LogP contribution in [0.3, 0.4) is 0 Å². The van der Waals surface area contributed by atoms with Gasteiger partial charge in [0, 0.05) is 8.95 Å². The van der Waals surface area contributed by atoms with Crippen molar-refractivity contribution in [3.05, 3.63) is 38.6 Å². The Labute approximate surface area is 140 Å². The van der Waals surface area contributed by atoms with Gasteiger partial charge in [0.25, 0.3) is 0 Å². The average molecular weight is 417 g/mol. The Morgan fingerprint density at radius 1 is 1.38 bits per heavy atom. The zero-order chi connectivity index (χ0) is 15.6. The molecule has 0 saturated heterocycles. The molecule has 0 unspecified atom stereocenters. The van der Waals surface area contributed by atoms with Gasteiger partial charge in [-0.2, -0.15) is 0 Å². The maximum Gasteiger partial charge on any atom is 0.376 e. The highest BCUT2D eigenvalue weighted by molar-refractivity contribution is 9.11. The van der Waals surface area contributed by atoms with Gasteiger partial charge < -0.3 is 9.15 Å². The number of benzene rings is 1. The molecule has 6 heteroatoms. The first-order valence-electron chi connectivity index (χ1n) is 6.57. The van der Waals surface area contributed by atoms with Gasteiger partial charge in [0.2, 0.25) is 11.7 Å². The molecule has 0 N–H and O–H groups in total. The van der Waals surface area contributed by atoms with Crippen LogP contribution in [0.5, 0.6) is 0 Å². The molecule has 4 nitrogen and oxygen atoms in total. The Morgan fingerprint density at radius 3 is 2.71 bits per heavy atom. The predicted molar refractivity (Wildman–Crippen MR) is 87.4 cm³/mol. The number of carbonyl (C=O) groups is 1. The minimum Gasteiger partial charge on any atom is -0.460 e. The molecule has 1 aromatic heterocycles. The van der Waals surface area contributed by atoms with Gasteiger partial charge in [0.1, 0.15) is 0 Å². The van der Waals surface area contributed by atoms with Crippen LogP contribution < -0.4 is 0 Å². The minimum atomic E-state index is -0.480. The number of hydrogen-bond donors (Lipinski definition) is 0. The number of hydrogen-bond acceptors (Lipinski definition) is 4. The number of rotatable bonds is 4. The Kier molecular flexibility index (Phi) is 5.22. The van der Waals surface area contributed by atoms with Gasteiger partial charge in [-0.15, -0.1) is 0 Å². The molecule has 0 spiro atoms. The molecule has 0 fully saturated rings. The Morgan fingerprint density at radius 2 is 2.10 bits per heavy atom. The second-order valence-corrected chi connectivity index (χ2v) is 6.50. The van der Waals surface area contributed by atoms with E-state index in [0.29, 0.717) is 18.2 Å². The zero-order valence-electron chi connectivity index (χ0n) is 11.9. The number of ether oxygens (including phenoxy) is 1. The SMILES string of the molecule is CCOC(=O)c1oc(-c2cc(Br)ccc2Br)nc1C(C)C. The Balaban J connectivity index is 2.53. The first-order chi connectivity index (χ1) is 9.93. The Hall–Kier alpha value is -1.14. The number of aromatic nitrogens is 1. The van der Waals surface area contributed by atoms with E-state index in [2.05, 4.69) is 36.8 Å². The van der Waals surface area contributed by atoms with Crippen molar-refractivity contribution < 1.29 is 13.9 Å². The smallest absolute Gasteiger partial charge is 0.376 e. The first kappa shape index (κ1) is 16.2. The van der Waals surface area contributed by atoms with Gasteiger partial charge in [0.15, 0.2) is 0 Å². The van der Waals surface area contributed by atoms with Crippen LogP contribution >= 0.6 is 31.9 Å². The van der Waals surface area contributed by atoms with E-state index >= 15 is 0 Å². The molecule has 21 heavy (non-hydrogen) atoms. The van der Waals surface area contributed by atoms with Crippen molar-refractivity contribution in [1.82, 2.24) is 4.98 Å². The lowest BCUT2D eigenvalue weighted by Gasteiger charge is -2.02. The zero-order valence-corrected chi connectivity index (χ0v) is 15.1. The van der Waals surface area contributed by atoms with Crippen LogP contribution in [-0.2, 0) is 4.74 Å². The fourth-order valence-corrected chi connectivity index (χ4v) is 2.62. The predicted octanol–water partition coefficient (Wildman–Crippen LogP) is 5.17. The molecular formula is C15H15Br2NO3. The number of oxazole rings is 1. The van der Waals surface area contributed by atoms with E-state index in [1.54, 1.807) is 6.92 Å². The summed E-state index contributed by atoms with van der Waals surface area (Å²) in [5.41, 5.74) is 1.39. The summed E-state index contributed by atoms with van der Waals surface area (Å²) in [6, 6.07) is 5.68. The quantitative estimate of drug-likeness (QED) is 0.645. The lowest BCUT2D eigenvalue weighted by atomic mass is 10.1. The van der Waals surface area contributed by atoms with E-state index in [1.165, 1.54) is 0 Å². The summed E-state index contributed by atoms with van der Waals surface area (Å²) in [4.78, 5) is 16.5. The van der Waals surface area contributed by atoms with Crippen LogP contribution in [0, 0.1) is 0 Å². The van der Waals surface area contributed by atoms with Gasteiger partial charge in [0.05, 0.1) is 17.9 Å². The molecule has 0 radical (unpaired) electrons.